The largest absolute Gasteiger partial charge is 0.487 e. The maximum absolute atomic E-state index is 11.4. The molecule has 0 bridgehead atoms. The Hall–Kier alpha value is -1.88. The molecule has 1 aromatic rings. The van der Waals surface area contributed by atoms with Gasteiger partial charge in [-0.1, -0.05) is 12.1 Å². The van der Waals surface area contributed by atoms with Crippen molar-refractivity contribution in [3.05, 3.63) is 29.8 Å². The van der Waals surface area contributed by atoms with Gasteiger partial charge >= 0.3 is 5.97 Å². The van der Waals surface area contributed by atoms with Crippen molar-refractivity contribution in [2.24, 2.45) is 0 Å². The molecule has 0 saturated carbocycles. The highest BCUT2D eigenvalue weighted by atomic mass is 16.5. The van der Waals surface area contributed by atoms with E-state index in [0.717, 1.165) is 6.42 Å². The summed E-state index contributed by atoms with van der Waals surface area (Å²) in [5, 5.41) is 8.69. The number of carbonyl (C=O) groups excluding carboxylic acids is 1. The molecule has 1 unspecified atom stereocenters. The topological polar surface area (TPSA) is 72.8 Å². The van der Waals surface area contributed by atoms with E-state index in [1.54, 1.807) is 18.2 Å². The van der Waals surface area contributed by atoms with Gasteiger partial charge in [0.05, 0.1) is 18.8 Å². The maximum Gasteiger partial charge on any atom is 0.377 e. The van der Waals surface area contributed by atoms with E-state index in [1.807, 2.05) is 0 Å². The van der Waals surface area contributed by atoms with Crippen LogP contribution in [-0.2, 0) is 9.53 Å². The third-order valence-electron chi connectivity index (χ3n) is 2.51. The standard InChI is InChI=1S/C12H12O5/c13-11(12(14)15)9-3-1-2-4-10(9)17-8-5-6-16-7-8/h1-4,8H,5-7H2,(H,14,15). The van der Waals surface area contributed by atoms with E-state index in [1.165, 1.54) is 6.07 Å². The fourth-order valence-corrected chi connectivity index (χ4v) is 1.66. The molecule has 1 N–H and O–H groups in total. The molecule has 90 valence electrons. The Labute approximate surface area is 98.0 Å². The van der Waals surface area contributed by atoms with Gasteiger partial charge in [-0.2, -0.15) is 0 Å². The average Bonchev–Trinajstić information content (AvgIpc) is 2.81. The van der Waals surface area contributed by atoms with Crippen LogP contribution in [0.5, 0.6) is 5.75 Å². The molecule has 0 radical (unpaired) electrons. The fraction of sp³-hybridized carbons (Fsp3) is 0.333. The van der Waals surface area contributed by atoms with Gasteiger partial charge in [0.1, 0.15) is 11.9 Å². The van der Waals surface area contributed by atoms with E-state index < -0.39 is 11.8 Å². The van der Waals surface area contributed by atoms with Crippen LogP contribution in [0.4, 0.5) is 0 Å². The summed E-state index contributed by atoms with van der Waals surface area (Å²) in [5.41, 5.74) is 0.0758. The molecule has 1 atom stereocenters. The van der Waals surface area contributed by atoms with Gasteiger partial charge in [-0.15, -0.1) is 0 Å². The number of rotatable bonds is 4. The van der Waals surface area contributed by atoms with Crippen LogP contribution in [0, 0.1) is 0 Å². The predicted molar refractivity (Wildman–Crippen MR) is 58.3 cm³/mol. The average molecular weight is 236 g/mol. The van der Waals surface area contributed by atoms with Gasteiger partial charge in [0.25, 0.3) is 5.78 Å². The molecule has 0 aromatic heterocycles. The number of benzene rings is 1. The zero-order valence-corrected chi connectivity index (χ0v) is 9.09. The lowest BCUT2D eigenvalue weighted by Crippen LogP contribution is -2.19. The van der Waals surface area contributed by atoms with Crippen molar-refractivity contribution in [2.75, 3.05) is 13.2 Å². The number of carboxylic acid groups (broad SMARTS) is 1. The summed E-state index contributed by atoms with van der Waals surface area (Å²) in [5.74, 6) is -2.14. The summed E-state index contributed by atoms with van der Waals surface area (Å²) in [6.45, 7) is 1.09. The number of ketones is 1. The zero-order chi connectivity index (χ0) is 12.3. The normalized spacial score (nSPS) is 18.9. The molecule has 1 aliphatic heterocycles. The lowest BCUT2D eigenvalue weighted by atomic mass is 10.1. The van der Waals surface area contributed by atoms with Crippen LogP contribution in [0.1, 0.15) is 16.8 Å². The fourth-order valence-electron chi connectivity index (χ4n) is 1.66. The smallest absolute Gasteiger partial charge is 0.377 e. The minimum Gasteiger partial charge on any atom is -0.487 e. The summed E-state index contributed by atoms with van der Waals surface area (Å²) in [6.07, 6.45) is 0.632. The summed E-state index contributed by atoms with van der Waals surface area (Å²) >= 11 is 0. The van der Waals surface area contributed by atoms with Gasteiger partial charge in [-0.05, 0) is 12.1 Å². The van der Waals surface area contributed by atoms with Crippen molar-refractivity contribution < 1.29 is 24.2 Å². The van der Waals surface area contributed by atoms with Crippen molar-refractivity contribution in [2.45, 2.75) is 12.5 Å². The van der Waals surface area contributed by atoms with Crippen molar-refractivity contribution in [3.8, 4) is 5.75 Å². The molecule has 1 fully saturated rings. The molecule has 5 heteroatoms. The molecule has 1 heterocycles. The number of para-hydroxylation sites is 1. The van der Waals surface area contributed by atoms with Gasteiger partial charge in [-0.25, -0.2) is 4.79 Å². The Bertz CT molecular complexity index is 434. The first-order chi connectivity index (χ1) is 8.18. The summed E-state index contributed by atoms with van der Waals surface area (Å²) in [6, 6.07) is 6.34. The number of aliphatic carboxylic acids is 1. The lowest BCUT2D eigenvalue weighted by Gasteiger charge is -2.13. The van der Waals surface area contributed by atoms with Crippen LogP contribution in [-0.4, -0.2) is 36.2 Å². The Morgan fingerprint density at radius 1 is 1.35 bits per heavy atom. The number of carboxylic acids is 1. The van der Waals surface area contributed by atoms with Gasteiger partial charge in [0, 0.05) is 6.42 Å². The second-order valence-corrected chi connectivity index (χ2v) is 3.73. The van der Waals surface area contributed by atoms with Crippen molar-refractivity contribution in [3.63, 3.8) is 0 Å². The van der Waals surface area contributed by atoms with Crippen LogP contribution in [0.15, 0.2) is 24.3 Å². The molecular formula is C12H12O5. The zero-order valence-electron chi connectivity index (χ0n) is 9.09. The third kappa shape index (κ3) is 2.62. The monoisotopic (exact) mass is 236 g/mol. The first-order valence-corrected chi connectivity index (χ1v) is 5.29. The van der Waals surface area contributed by atoms with E-state index in [9.17, 15) is 9.59 Å². The number of Topliss-reactive ketones (excluding diaryl/α,β-unsaturated/α-hetero) is 1. The first kappa shape index (κ1) is 11.6. The highest BCUT2D eigenvalue weighted by molar-refractivity contribution is 6.40. The summed E-state index contributed by atoms with van der Waals surface area (Å²) < 4.78 is 10.7. The van der Waals surface area contributed by atoms with Crippen molar-refractivity contribution in [1.29, 1.82) is 0 Å². The minimum absolute atomic E-state index is 0.0758. The SMILES string of the molecule is O=C(O)C(=O)c1ccccc1OC1CCOC1. The molecule has 1 aromatic carbocycles. The minimum atomic E-state index is -1.48. The maximum atomic E-state index is 11.4. The number of hydrogen-bond acceptors (Lipinski definition) is 4. The van der Waals surface area contributed by atoms with E-state index in [4.69, 9.17) is 14.6 Å². The Morgan fingerprint density at radius 2 is 2.12 bits per heavy atom. The van der Waals surface area contributed by atoms with Gasteiger partial charge < -0.3 is 14.6 Å². The molecule has 1 aliphatic rings. The molecule has 0 aliphatic carbocycles. The summed E-state index contributed by atoms with van der Waals surface area (Å²) in [7, 11) is 0. The van der Waals surface area contributed by atoms with Crippen molar-refractivity contribution >= 4 is 11.8 Å². The van der Waals surface area contributed by atoms with Crippen LogP contribution < -0.4 is 4.74 Å². The van der Waals surface area contributed by atoms with Gasteiger partial charge in [0.2, 0.25) is 0 Å². The predicted octanol–water partition coefficient (Wildman–Crippen LogP) is 1.12. The molecule has 1 saturated heterocycles. The van der Waals surface area contributed by atoms with E-state index in [2.05, 4.69) is 0 Å². The van der Waals surface area contributed by atoms with Crippen LogP contribution in [0.25, 0.3) is 0 Å². The van der Waals surface area contributed by atoms with Crippen molar-refractivity contribution in [1.82, 2.24) is 0 Å². The Kier molecular flexibility index (Phi) is 3.39. The van der Waals surface area contributed by atoms with Crippen LogP contribution in [0.2, 0.25) is 0 Å². The molecule has 0 spiro atoms. The number of hydrogen-bond donors (Lipinski definition) is 1. The number of ether oxygens (including phenoxy) is 2. The Balaban J connectivity index is 2.20. The molecular weight excluding hydrogens is 224 g/mol. The van der Waals surface area contributed by atoms with Crippen LogP contribution >= 0.6 is 0 Å². The van der Waals surface area contributed by atoms with E-state index in [0.29, 0.717) is 19.0 Å². The third-order valence-corrected chi connectivity index (χ3v) is 2.51. The summed E-state index contributed by atoms with van der Waals surface area (Å²) in [4.78, 5) is 22.1. The molecule has 0 amide bonds. The van der Waals surface area contributed by atoms with Crippen LogP contribution in [0.3, 0.4) is 0 Å². The second kappa shape index (κ2) is 4.97. The highest BCUT2D eigenvalue weighted by Gasteiger charge is 2.23. The lowest BCUT2D eigenvalue weighted by molar-refractivity contribution is -0.131. The molecule has 17 heavy (non-hydrogen) atoms. The quantitative estimate of drug-likeness (QED) is 0.626. The van der Waals surface area contributed by atoms with Gasteiger partial charge in [-0.3, -0.25) is 4.79 Å². The Morgan fingerprint density at radius 3 is 2.76 bits per heavy atom. The molecule has 5 nitrogen and oxygen atoms in total. The first-order valence-electron chi connectivity index (χ1n) is 5.29. The van der Waals surface area contributed by atoms with E-state index >= 15 is 0 Å². The second-order valence-electron chi connectivity index (χ2n) is 3.73. The molecule has 2 rings (SSSR count). The van der Waals surface area contributed by atoms with E-state index in [-0.39, 0.29) is 11.7 Å². The van der Waals surface area contributed by atoms with Gasteiger partial charge in [0.15, 0.2) is 0 Å². The number of carbonyl (C=O) groups is 2. The highest BCUT2D eigenvalue weighted by Crippen LogP contribution is 2.22.